The van der Waals surface area contributed by atoms with Gasteiger partial charge in [0.15, 0.2) is 0 Å². The van der Waals surface area contributed by atoms with Crippen LogP contribution in [0, 0.1) is 5.41 Å². The molecule has 0 aliphatic heterocycles. The third-order valence-electron chi connectivity index (χ3n) is 3.34. The van der Waals surface area contributed by atoms with Gasteiger partial charge in [-0.05, 0) is 30.0 Å². The van der Waals surface area contributed by atoms with Crippen LogP contribution >= 0.6 is 23.2 Å². The molecule has 114 valence electrons. The normalized spacial score (nSPS) is 15.2. The molecular weight excluding hydrogens is 297 g/mol. The Balaban J connectivity index is 2.70. The lowest BCUT2D eigenvalue weighted by Gasteiger charge is -2.32. The molecule has 1 aromatic rings. The van der Waals surface area contributed by atoms with Crippen LogP contribution in [0.1, 0.15) is 38.9 Å². The summed E-state index contributed by atoms with van der Waals surface area (Å²) >= 11 is 12.0. The summed E-state index contributed by atoms with van der Waals surface area (Å²) in [5.74, 6) is 0. The van der Waals surface area contributed by atoms with Crippen molar-refractivity contribution in [1.29, 1.82) is 0 Å². The van der Waals surface area contributed by atoms with E-state index in [1.165, 1.54) is 0 Å². The Morgan fingerprint density at radius 3 is 2.45 bits per heavy atom. The summed E-state index contributed by atoms with van der Waals surface area (Å²) in [6.07, 6.45) is -0.0933. The molecule has 20 heavy (non-hydrogen) atoms. The van der Waals surface area contributed by atoms with Gasteiger partial charge in [0.1, 0.15) is 0 Å². The van der Waals surface area contributed by atoms with E-state index in [-0.39, 0.29) is 18.1 Å². The molecule has 2 atom stereocenters. The largest absolute Gasteiger partial charge is 0.396 e. The van der Waals surface area contributed by atoms with Gasteiger partial charge in [0.05, 0.1) is 6.10 Å². The van der Waals surface area contributed by atoms with Gasteiger partial charge in [0, 0.05) is 34.8 Å². The molecule has 0 aromatic heterocycles. The second-order valence-electron chi connectivity index (χ2n) is 6.02. The van der Waals surface area contributed by atoms with Crippen LogP contribution in [-0.4, -0.2) is 29.4 Å². The number of halogens is 2. The number of benzene rings is 1. The molecule has 0 saturated carbocycles. The highest BCUT2D eigenvalue weighted by Gasteiger charge is 2.24. The van der Waals surface area contributed by atoms with Crippen molar-refractivity contribution >= 4 is 23.2 Å². The minimum absolute atomic E-state index is 0.000573. The van der Waals surface area contributed by atoms with Gasteiger partial charge in [-0.1, -0.05) is 44.0 Å². The van der Waals surface area contributed by atoms with Gasteiger partial charge in [0.2, 0.25) is 0 Å². The van der Waals surface area contributed by atoms with Crippen molar-refractivity contribution in [3.63, 3.8) is 0 Å². The second-order valence-corrected chi connectivity index (χ2v) is 6.86. The first-order valence-electron chi connectivity index (χ1n) is 6.73. The fourth-order valence-electron chi connectivity index (χ4n) is 2.10. The molecule has 3 nitrogen and oxygen atoms in total. The highest BCUT2D eigenvalue weighted by Crippen LogP contribution is 2.27. The van der Waals surface area contributed by atoms with Crippen molar-refractivity contribution < 1.29 is 10.2 Å². The number of rotatable bonds is 6. The number of hydrogen-bond acceptors (Lipinski definition) is 3. The Morgan fingerprint density at radius 2 is 1.90 bits per heavy atom. The molecule has 2 unspecified atom stereocenters. The van der Waals surface area contributed by atoms with E-state index in [2.05, 4.69) is 26.1 Å². The van der Waals surface area contributed by atoms with E-state index >= 15 is 0 Å². The van der Waals surface area contributed by atoms with Gasteiger partial charge < -0.3 is 15.5 Å². The molecule has 5 heteroatoms. The first-order valence-corrected chi connectivity index (χ1v) is 7.48. The van der Waals surface area contributed by atoms with E-state index in [1.807, 2.05) is 0 Å². The fraction of sp³-hybridized carbons (Fsp3) is 0.600. The molecule has 0 fully saturated rings. The van der Waals surface area contributed by atoms with Crippen LogP contribution in [0.4, 0.5) is 0 Å². The first kappa shape index (κ1) is 17.7. The molecule has 0 heterocycles. The predicted molar refractivity (Wildman–Crippen MR) is 84.4 cm³/mol. The maximum absolute atomic E-state index is 10.2. The van der Waals surface area contributed by atoms with Crippen molar-refractivity contribution in [2.45, 2.75) is 39.3 Å². The Labute approximate surface area is 130 Å². The maximum atomic E-state index is 10.2. The van der Waals surface area contributed by atoms with Crippen LogP contribution in [0.3, 0.4) is 0 Å². The zero-order valence-electron chi connectivity index (χ0n) is 12.2. The van der Waals surface area contributed by atoms with Crippen LogP contribution in [0.5, 0.6) is 0 Å². The number of nitrogens with one attached hydrogen (secondary N) is 1. The summed E-state index contributed by atoms with van der Waals surface area (Å²) in [5.41, 5.74) is 0.615. The first-order chi connectivity index (χ1) is 9.25. The molecule has 0 bridgehead atoms. The third-order valence-corrected chi connectivity index (χ3v) is 3.92. The van der Waals surface area contributed by atoms with Gasteiger partial charge in [-0.15, -0.1) is 0 Å². The Morgan fingerprint density at radius 1 is 1.25 bits per heavy atom. The zero-order valence-corrected chi connectivity index (χ0v) is 13.7. The summed E-state index contributed by atoms with van der Waals surface area (Å²) < 4.78 is 0. The minimum atomic E-state index is -0.732. The van der Waals surface area contributed by atoms with Crippen LogP contribution < -0.4 is 5.32 Å². The van der Waals surface area contributed by atoms with Crippen LogP contribution in [0.2, 0.25) is 10.0 Å². The molecule has 0 aliphatic rings. The molecule has 3 N–H and O–H groups in total. The molecule has 0 saturated heterocycles. The molecule has 1 rings (SSSR count). The third kappa shape index (κ3) is 5.23. The van der Waals surface area contributed by atoms with Crippen molar-refractivity contribution in [1.82, 2.24) is 5.32 Å². The summed E-state index contributed by atoms with van der Waals surface area (Å²) in [5, 5.41) is 23.7. The Kier molecular flexibility index (Phi) is 6.76. The monoisotopic (exact) mass is 319 g/mol. The summed E-state index contributed by atoms with van der Waals surface area (Å²) in [4.78, 5) is 0. The van der Waals surface area contributed by atoms with Crippen LogP contribution in [-0.2, 0) is 0 Å². The van der Waals surface area contributed by atoms with Gasteiger partial charge in [0.25, 0.3) is 0 Å². The second kappa shape index (κ2) is 7.62. The summed E-state index contributed by atoms with van der Waals surface area (Å²) in [6, 6.07) is 5.16. The number of hydrogen-bond donors (Lipinski definition) is 3. The quantitative estimate of drug-likeness (QED) is 0.753. The molecule has 1 aromatic carbocycles. The van der Waals surface area contributed by atoms with E-state index in [1.54, 1.807) is 18.2 Å². The summed E-state index contributed by atoms with van der Waals surface area (Å²) in [6.45, 7) is 6.77. The van der Waals surface area contributed by atoms with Crippen LogP contribution in [0.25, 0.3) is 0 Å². The Bertz CT molecular complexity index is 432. The highest BCUT2D eigenvalue weighted by molar-refractivity contribution is 6.33. The zero-order chi connectivity index (χ0) is 15.3. The van der Waals surface area contributed by atoms with E-state index in [0.29, 0.717) is 28.6 Å². The molecule has 0 aliphatic carbocycles. The lowest BCUT2D eigenvalue weighted by molar-refractivity contribution is 0.142. The van der Waals surface area contributed by atoms with E-state index in [0.717, 1.165) is 0 Å². The van der Waals surface area contributed by atoms with Gasteiger partial charge >= 0.3 is 0 Å². The molecule has 0 radical (unpaired) electrons. The highest BCUT2D eigenvalue weighted by atomic mass is 35.5. The van der Waals surface area contributed by atoms with Gasteiger partial charge in [-0.2, -0.15) is 0 Å². The van der Waals surface area contributed by atoms with E-state index in [4.69, 9.17) is 28.3 Å². The predicted octanol–water partition coefficient (Wildman–Crippen LogP) is 3.41. The Hall–Kier alpha value is -0.320. The summed E-state index contributed by atoms with van der Waals surface area (Å²) in [7, 11) is 0. The van der Waals surface area contributed by atoms with E-state index in [9.17, 15) is 5.11 Å². The number of aliphatic hydroxyl groups excluding tert-OH is 2. The standard InChI is InChI=1S/C15H23Cl2NO2/c1-15(2,3)14(6-7-19)18-9-13(20)11-8-10(16)4-5-12(11)17/h4-5,8,13-14,18-20H,6-7,9H2,1-3H3. The fourth-order valence-corrected chi connectivity index (χ4v) is 2.53. The van der Waals surface area contributed by atoms with Crippen molar-refractivity contribution in [3.05, 3.63) is 33.8 Å². The van der Waals surface area contributed by atoms with Crippen molar-refractivity contribution in [3.8, 4) is 0 Å². The molecular formula is C15H23Cl2NO2. The average Bonchev–Trinajstić information content (AvgIpc) is 2.35. The van der Waals surface area contributed by atoms with Crippen molar-refractivity contribution in [2.24, 2.45) is 5.41 Å². The van der Waals surface area contributed by atoms with Gasteiger partial charge in [-0.25, -0.2) is 0 Å². The minimum Gasteiger partial charge on any atom is -0.396 e. The smallest absolute Gasteiger partial charge is 0.0929 e. The topological polar surface area (TPSA) is 52.5 Å². The lowest BCUT2D eigenvalue weighted by Crippen LogP contribution is -2.42. The van der Waals surface area contributed by atoms with Gasteiger partial charge in [-0.3, -0.25) is 0 Å². The SMILES string of the molecule is CC(C)(C)C(CCO)NCC(O)c1cc(Cl)ccc1Cl. The lowest BCUT2D eigenvalue weighted by atomic mass is 9.85. The van der Waals surface area contributed by atoms with Crippen molar-refractivity contribution in [2.75, 3.05) is 13.2 Å². The van der Waals surface area contributed by atoms with E-state index < -0.39 is 6.10 Å². The molecule has 0 amide bonds. The average molecular weight is 320 g/mol. The van der Waals surface area contributed by atoms with Crippen LogP contribution in [0.15, 0.2) is 18.2 Å². The molecule has 0 spiro atoms. The number of aliphatic hydroxyl groups is 2. The maximum Gasteiger partial charge on any atom is 0.0929 e.